The Bertz CT molecular complexity index is 383. The number of amides is 1. The minimum Gasteiger partial charge on any atom is -0.411 e. The molecule has 4 heteroatoms. The molecule has 0 aliphatic rings. The van der Waals surface area contributed by atoms with Gasteiger partial charge in [0, 0.05) is 5.56 Å². The third kappa shape index (κ3) is 3.08. The number of hydrogen-bond acceptors (Lipinski definition) is 3. The van der Waals surface area contributed by atoms with Gasteiger partial charge < -0.3 is 10.9 Å². The fourth-order valence-electron chi connectivity index (χ4n) is 1.42. The molecular weight excluding hydrogens is 204 g/mol. The molecule has 0 bridgehead atoms. The summed E-state index contributed by atoms with van der Waals surface area (Å²) in [5.41, 5.74) is 7.05. The average molecular weight is 220 g/mol. The van der Waals surface area contributed by atoms with E-state index in [9.17, 15) is 4.79 Å². The maximum absolute atomic E-state index is 10.9. The second-order valence-corrected chi connectivity index (χ2v) is 3.59. The first kappa shape index (κ1) is 12.2. The van der Waals surface area contributed by atoms with Gasteiger partial charge in [-0.1, -0.05) is 30.6 Å². The Hall–Kier alpha value is -1.84. The Morgan fingerprint density at radius 1 is 1.31 bits per heavy atom. The lowest BCUT2D eigenvalue weighted by Crippen LogP contribution is -2.11. The van der Waals surface area contributed by atoms with Crippen LogP contribution in [0.25, 0.3) is 0 Å². The van der Waals surface area contributed by atoms with Crippen LogP contribution in [0.15, 0.2) is 29.4 Å². The van der Waals surface area contributed by atoms with Crippen molar-refractivity contribution in [1.29, 1.82) is 0 Å². The van der Waals surface area contributed by atoms with Crippen LogP contribution in [0, 0.1) is 0 Å². The molecule has 0 atom stereocenters. The number of unbranched alkanes of at least 4 members (excludes halogenated alkanes) is 1. The van der Waals surface area contributed by atoms with Crippen molar-refractivity contribution in [2.75, 3.05) is 0 Å². The lowest BCUT2D eigenvalue weighted by Gasteiger charge is -2.04. The smallest absolute Gasteiger partial charge is 0.248 e. The van der Waals surface area contributed by atoms with Crippen LogP contribution >= 0.6 is 0 Å². The summed E-state index contributed by atoms with van der Waals surface area (Å²) in [5.74, 6) is -0.456. The standard InChI is InChI=1S/C12H16N2O2/c1-2-3-4-11(14-16)9-5-7-10(8-6-9)12(13)15/h5-8,16H,2-4H2,1H3,(H2,13,15)/b14-11-. The van der Waals surface area contributed by atoms with Gasteiger partial charge in [0.1, 0.15) is 0 Å². The number of benzene rings is 1. The number of primary amides is 1. The molecule has 1 amide bonds. The lowest BCUT2D eigenvalue weighted by atomic mass is 10.0. The topological polar surface area (TPSA) is 75.7 Å². The molecule has 0 aliphatic heterocycles. The Kier molecular flexibility index (Phi) is 4.51. The van der Waals surface area contributed by atoms with Crippen LogP contribution in [0.4, 0.5) is 0 Å². The average Bonchev–Trinajstić information content (AvgIpc) is 2.30. The summed E-state index contributed by atoms with van der Waals surface area (Å²) in [6.45, 7) is 2.07. The summed E-state index contributed by atoms with van der Waals surface area (Å²) in [5, 5.41) is 12.2. The van der Waals surface area contributed by atoms with E-state index in [1.165, 1.54) is 0 Å². The van der Waals surface area contributed by atoms with Crippen LogP contribution < -0.4 is 5.73 Å². The van der Waals surface area contributed by atoms with Crippen molar-refractivity contribution in [2.45, 2.75) is 26.2 Å². The van der Waals surface area contributed by atoms with Gasteiger partial charge in [-0.05, 0) is 30.5 Å². The van der Waals surface area contributed by atoms with E-state index in [-0.39, 0.29) is 0 Å². The zero-order valence-electron chi connectivity index (χ0n) is 9.31. The number of nitrogens with zero attached hydrogens (tertiary/aromatic N) is 1. The van der Waals surface area contributed by atoms with E-state index >= 15 is 0 Å². The highest BCUT2D eigenvalue weighted by Crippen LogP contribution is 2.10. The molecule has 0 aliphatic carbocycles. The zero-order chi connectivity index (χ0) is 12.0. The lowest BCUT2D eigenvalue weighted by molar-refractivity contribution is 0.100. The summed E-state index contributed by atoms with van der Waals surface area (Å²) in [7, 11) is 0. The van der Waals surface area contributed by atoms with Gasteiger partial charge >= 0.3 is 0 Å². The minimum atomic E-state index is -0.456. The molecule has 0 saturated carbocycles. The van der Waals surface area contributed by atoms with Gasteiger partial charge in [0.25, 0.3) is 0 Å². The fraction of sp³-hybridized carbons (Fsp3) is 0.333. The molecule has 0 fully saturated rings. The number of carbonyl (C=O) groups excluding carboxylic acids is 1. The van der Waals surface area contributed by atoms with E-state index in [1.807, 2.05) is 0 Å². The molecule has 0 heterocycles. The molecule has 4 nitrogen and oxygen atoms in total. The third-order valence-electron chi connectivity index (χ3n) is 2.39. The molecule has 86 valence electrons. The highest BCUT2D eigenvalue weighted by molar-refractivity contribution is 6.01. The van der Waals surface area contributed by atoms with E-state index in [4.69, 9.17) is 10.9 Å². The van der Waals surface area contributed by atoms with Crippen molar-refractivity contribution in [3.05, 3.63) is 35.4 Å². The van der Waals surface area contributed by atoms with Crippen LogP contribution in [0.1, 0.15) is 42.1 Å². The second-order valence-electron chi connectivity index (χ2n) is 3.59. The maximum atomic E-state index is 10.9. The predicted octanol–water partition coefficient (Wildman–Crippen LogP) is 2.15. The quantitative estimate of drug-likeness (QED) is 0.453. The first-order valence-corrected chi connectivity index (χ1v) is 5.30. The first-order chi connectivity index (χ1) is 7.69. The third-order valence-corrected chi connectivity index (χ3v) is 2.39. The van der Waals surface area contributed by atoms with Gasteiger partial charge in [-0.2, -0.15) is 0 Å². The van der Waals surface area contributed by atoms with Crippen molar-refractivity contribution in [3.63, 3.8) is 0 Å². The molecule has 0 unspecified atom stereocenters. The molecular formula is C12H16N2O2. The van der Waals surface area contributed by atoms with Crippen LogP contribution in [-0.2, 0) is 0 Å². The largest absolute Gasteiger partial charge is 0.411 e. The van der Waals surface area contributed by atoms with E-state index in [0.29, 0.717) is 11.3 Å². The number of rotatable bonds is 5. The van der Waals surface area contributed by atoms with Gasteiger partial charge in [-0.3, -0.25) is 4.79 Å². The van der Waals surface area contributed by atoms with Crippen molar-refractivity contribution < 1.29 is 10.0 Å². The SMILES string of the molecule is CCCC/C(=N/O)c1ccc(C(N)=O)cc1. The molecule has 1 aromatic carbocycles. The summed E-state index contributed by atoms with van der Waals surface area (Å²) < 4.78 is 0. The summed E-state index contributed by atoms with van der Waals surface area (Å²) in [4.78, 5) is 10.9. The molecule has 0 spiro atoms. The van der Waals surface area contributed by atoms with E-state index in [0.717, 1.165) is 24.8 Å². The van der Waals surface area contributed by atoms with Gasteiger partial charge in [0.2, 0.25) is 5.91 Å². The highest BCUT2D eigenvalue weighted by atomic mass is 16.4. The van der Waals surface area contributed by atoms with Gasteiger partial charge in [-0.15, -0.1) is 0 Å². The second kappa shape index (κ2) is 5.90. The highest BCUT2D eigenvalue weighted by Gasteiger charge is 2.05. The molecule has 1 rings (SSSR count). The zero-order valence-corrected chi connectivity index (χ0v) is 9.31. The van der Waals surface area contributed by atoms with Crippen molar-refractivity contribution in [2.24, 2.45) is 10.9 Å². The number of hydrogen-bond donors (Lipinski definition) is 2. The van der Waals surface area contributed by atoms with Crippen LogP contribution in [0.2, 0.25) is 0 Å². The maximum Gasteiger partial charge on any atom is 0.248 e. The minimum absolute atomic E-state index is 0.455. The summed E-state index contributed by atoms with van der Waals surface area (Å²) >= 11 is 0. The number of oxime groups is 1. The Labute approximate surface area is 94.8 Å². The summed E-state index contributed by atoms with van der Waals surface area (Å²) in [6, 6.07) is 6.75. The van der Waals surface area contributed by atoms with Gasteiger partial charge in [0.05, 0.1) is 5.71 Å². The molecule has 0 saturated heterocycles. The van der Waals surface area contributed by atoms with E-state index in [2.05, 4.69) is 12.1 Å². The Balaban J connectivity index is 2.83. The van der Waals surface area contributed by atoms with Crippen molar-refractivity contribution in [1.82, 2.24) is 0 Å². The first-order valence-electron chi connectivity index (χ1n) is 5.30. The number of nitrogens with two attached hydrogens (primary N) is 1. The van der Waals surface area contributed by atoms with Crippen LogP contribution in [0.5, 0.6) is 0 Å². The van der Waals surface area contributed by atoms with Crippen molar-refractivity contribution in [3.8, 4) is 0 Å². The van der Waals surface area contributed by atoms with Crippen LogP contribution in [-0.4, -0.2) is 16.8 Å². The van der Waals surface area contributed by atoms with E-state index in [1.54, 1.807) is 24.3 Å². The Morgan fingerprint density at radius 3 is 2.31 bits per heavy atom. The van der Waals surface area contributed by atoms with Gasteiger partial charge in [-0.25, -0.2) is 0 Å². The molecule has 0 aromatic heterocycles. The Morgan fingerprint density at radius 2 is 1.88 bits per heavy atom. The molecule has 0 radical (unpaired) electrons. The normalized spacial score (nSPS) is 11.4. The van der Waals surface area contributed by atoms with Gasteiger partial charge in [0.15, 0.2) is 0 Å². The van der Waals surface area contributed by atoms with Crippen LogP contribution in [0.3, 0.4) is 0 Å². The number of carbonyl (C=O) groups is 1. The predicted molar refractivity (Wildman–Crippen MR) is 62.8 cm³/mol. The molecule has 16 heavy (non-hydrogen) atoms. The van der Waals surface area contributed by atoms with E-state index < -0.39 is 5.91 Å². The molecule has 3 N–H and O–H groups in total. The summed E-state index contributed by atoms with van der Waals surface area (Å²) in [6.07, 6.45) is 2.73. The monoisotopic (exact) mass is 220 g/mol. The molecule has 1 aromatic rings. The van der Waals surface area contributed by atoms with Crippen molar-refractivity contribution >= 4 is 11.6 Å². The fourth-order valence-corrected chi connectivity index (χ4v) is 1.42.